The van der Waals surface area contributed by atoms with Crippen molar-refractivity contribution in [1.82, 2.24) is 0 Å². The highest BCUT2D eigenvalue weighted by Crippen LogP contribution is 2.15. The number of carbonyl (C=O) groups is 2. The van der Waals surface area contributed by atoms with Gasteiger partial charge in [0.1, 0.15) is 5.75 Å². The minimum atomic E-state index is -1.00. The summed E-state index contributed by atoms with van der Waals surface area (Å²) in [5.74, 6) is -0.945. The molecule has 1 N–H and O–H groups in total. The number of carboxylic acids is 1. The molecule has 1 unspecified atom stereocenters. The van der Waals surface area contributed by atoms with E-state index in [-0.39, 0.29) is 0 Å². The minimum absolute atomic E-state index is 0.454. The molecule has 1 atom stereocenters. The second-order valence-corrected chi connectivity index (χ2v) is 3.52. The van der Waals surface area contributed by atoms with Crippen molar-refractivity contribution < 1.29 is 24.2 Å². The Balaban J connectivity index is 2.66. The molecule has 5 nitrogen and oxygen atoms in total. The molecule has 0 aliphatic rings. The van der Waals surface area contributed by atoms with E-state index in [0.29, 0.717) is 5.75 Å². The van der Waals surface area contributed by atoms with Crippen molar-refractivity contribution in [2.75, 3.05) is 7.11 Å². The molecule has 0 amide bonds. The largest absolute Gasteiger partial charge is 0.479 e. The van der Waals surface area contributed by atoms with E-state index in [1.807, 2.05) is 0 Å². The molecular formula is C13H14O5. The molecule has 0 saturated heterocycles. The normalized spacial score (nSPS) is 12.1. The number of aliphatic carboxylic acids is 1. The molecule has 96 valence electrons. The number of benzene rings is 1. The summed E-state index contributed by atoms with van der Waals surface area (Å²) >= 11 is 0. The van der Waals surface area contributed by atoms with Crippen molar-refractivity contribution in [2.24, 2.45) is 0 Å². The highest BCUT2D eigenvalue weighted by Gasteiger charge is 2.14. The minimum Gasteiger partial charge on any atom is -0.479 e. The van der Waals surface area contributed by atoms with E-state index in [9.17, 15) is 9.59 Å². The first-order valence-corrected chi connectivity index (χ1v) is 5.28. The van der Waals surface area contributed by atoms with Gasteiger partial charge < -0.3 is 14.6 Å². The zero-order valence-corrected chi connectivity index (χ0v) is 10.1. The van der Waals surface area contributed by atoms with E-state index in [0.717, 1.165) is 11.6 Å². The summed E-state index contributed by atoms with van der Waals surface area (Å²) in [6.45, 7) is 1.59. The number of carboxylic acid groups (broad SMARTS) is 1. The fourth-order valence-electron chi connectivity index (χ4n) is 1.24. The summed E-state index contributed by atoms with van der Waals surface area (Å²) < 4.78 is 9.87. The Morgan fingerprint density at radius 3 is 2.39 bits per heavy atom. The summed E-state index contributed by atoms with van der Waals surface area (Å²) in [5.41, 5.74) is 0.732. The van der Waals surface area contributed by atoms with Gasteiger partial charge in [-0.25, -0.2) is 9.59 Å². The van der Waals surface area contributed by atoms with E-state index in [4.69, 9.17) is 9.84 Å². The number of rotatable bonds is 5. The molecule has 0 aromatic heterocycles. The lowest BCUT2D eigenvalue weighted by atomic mass is 10.2. The van der Waals surface area contributed by atoms with Crippen LogP contribution in [0.15, 0.2) is 30.3 Å². The second kappa shape index (κ2) is 6.44. The van der Waals surface area contributed by atoms with Crippen LogP contribution >= 0.6 is 0 Å². The first-order valence-electron chi connectivity index (χ1n) is 5.28. The first-order chi connectivity index (χ1) is 8.52. The predicted molar refractivity (Wildman–Crippen MR) is 65.2 cm³/mol. The standard InChI is InChI=1S/C13H14O5/c1-9(13(16)17-2)18-11-6-3-10(4-7-11)5-8-12(14)15/h3-9H,1-2H3,(H,14,15). The van der Waals surface area contributed by atoms with Crippen LogP contribution in [0.5, 0.6) is 5.75 Å². The molecular weight excluding hydrogens is 236 g/mol. The van der Waals surface area contributed by atoms with E-state index in [2.05, 4.69) is 4.74 Å². The SMILES string of the molecule is COC(=O)C(C)Oc1ccc(C=CC(=O)O)cc1. The zero-order valence-electron chi connectivity index (χ0n) is 10.1. The van der Waals surface area contributed by atoms with Crippen molar-refractivity contribution in [1.29, 1.82) is 0 Å². The van der Waals surface area contributed by atoms with Gasteiger partial charge in [0, 0.05) is 6.08 Å². The van der Waals surface area contributed by atoms with Crippen LogP contribution in [-0.2, 0) is 14.3 Å². The summed E-state index contributed by atoms with van der Waals surface area (Å²) in [7, 11) is 1.29. The quantitative estimate of drug-likeness (QED) is 0.636. The molecule has 0 spiro atoms. The number of hydrogen-bond donors (Lipinski definition) is 1. The van der Waals surface area contributed by atoms with Crippen LogP contribution in [0, 0.1) is 0 Å². The lowest BCUT2D eigenvalue weighted by molar-refractivity contribution is -0.147. The molecule has 0 saturated carbocycles. The number of methoxy groups -OCH3 is 1. The van der Waals surface area contributed by atoms with E-state index < -0.39 is 18.0 Å². The van der Waals surface area contributed by atoms with Gasteiger partial charge in [-0.15, -0.1) is 0 Å². The summed E-state index contributed by atoms with van der Waals surface area (Å²) in [4.78, 5) is 21.5. The molecule has 1 rings (SSSR count). The Morgan fingerprint density at radius 2 is 1.89 bits per heavy atom. The Bertz CT molecular complexity index is 447. The zero-order chi connectivity index (χ0) is 13.5. The van der Waals surface area contributed by atoms with Gasteiger partial charge in [0.15, 0.2) is 6.10 Å². The molecule has 1 aromatic rings. The van der Waals surface area contributed by atoms with Crippen molar-refractivity contribution >= 4 is 18.0 Å². The van der Waals surface area contributed by atoms with Crippen LogP contribution in [0.2, 0.25) is 0 Å². The molecule has 5 heteroatoms. The Morgan fingerprint density at radius 1 is 1.28 bits per heavy atom. The number of esters is 1. The Hall–Kier alpha value is -2.30. The second-order valence-electron chi connectivity index (χ2n) is 3.52. The average Bonchev–Trinajstić information content (AvgIpc) is 2.36. The Labute approximate surface area is 105 Å². The molecule has 1 aromatic carbocycles. The van der Waals surface area contributed by atoms with Crippen LogP contribution in [0.1, 0.15) is 12.5 Å². The van der Waals surface area contributed by atoms with E-state index in [1.54, 1.807) is 31.2 Å². The lowest BCUT2D eigenvalue weighted by Crippen LogP contribution is -2.24. The van der Waals surface area contributed by atoms with Gasteiger partial charge >= 0.3 is 11.9 Å². The predicted octanol–water partition coefficient (Wildman–Crippen LogP) is 1.72. The summed E-state index contributed by atoms with van der Waals surface area (Å²) in [6, 6.07) is 6.69. The summed E-state index contributed by atoms with van der Waals surface area (Å²) in [5, 5.41) is 8.47. The summed E-state index contributed by atoms with van der Waals surface area (Å²) in [6.07, 6.45) is 1.83. The molecule has 0 radical (unpaired) electrons. The maximum absolute atomic E-state index is 11.1. The van der Waals surface area contributed by atoms with Gasteiger partial charge in [-0.3, -0.25) is 0 Å². The fraction of sp³-hybridized carbons (Fsp3) is 0.231. The Kier molecular flexibility index (Phi) is 4.92. The average molecular weight is 250 g/mol. The third kappa shape index (κ3) is 4.29. The molecule has 0 fully saturated rings. The van der Waals surface area contributed by atoms with Crippen molar-refractivity contribution in [3.63, 3.8) is 0 Å². The monoisotopic (exact) mass is 250 g/mol. The first kappa shape index (κ1) is 13.8. The van der Waals surface area contributed by atoms with Gasteiger partial charge in [-0.05, 0) is 30.7 Å². The molecule has 0 aliphatic carbocycles. The highest BCUT2D eigenvalue weighted by atomic mass is 16.6. The molecule has 18 heavy (non-hydrogen) atoms. The fourth-order valence-corrected chi connectivity index (χ4v) is 1.24. The number of carbonyl (C=O) groups excluding carboxylic acids is 1. The van der Waals surface area contributed by atoms with Gasteiger partial charge in [0.2, 0.25) is 0 Å². The van der Waals surface area contributed by atoms with E-state index >= 15 is 0 Å². The highest BCUT2D eigenvalue weighted by molar-refractivity contribution is 5.85. The molecule has 0 aliphatic heterocycles. The molecule has 0 bridgehead atoms. The van der Waals surface area contributed by atoms with E-state index in [1.165, 1.54) is 13.2 Å². The lowest BCUT2D eigenvalue weighted by Gasteiger charge is -2.12. The van der Waals surface area contributed by atoms with Gasteiger partial charge in [-0.2, -0.15) is 0 Å². The van der Waals surface area contributed by atoms with Crippen LogP contribution in [-0.4, -0.2) is 30.3 Å². The third-order valence-corrected chi connectivity index (χ3v) is 2.14. The van der Waals surface area contributed by atoms with Crippen LogP contribution in [0.25, 0.3) is 6.08 Å². The van der Waals surface area contributed by atoms with Crippen LogP contribution in [0.4, 0.5) is 0 Å². The van der Waals surface area contributed by atoms with Gasteiger partial charge in [0.25, 0.3) is 0 Å². The number of ether oxygens (including phenoxy) is 2. The topological polar surface area (TPSA) is 72.8 Å². The van der Waals surface area contributed by atoms with Gasteiger partial charge in [0.05, 0.1) is 7.11 Å². The van der Waals surface area contributed by atoms with Crippen LogP contribution < -0.4 is 4.74 Å². The van der Waals surface area contributed by atoms with Crippen molar-refractivity contribution in [2.45, 2.75) is 13.0 Å². The maximum atomic E-state index is 11.1. The number of hydrogen-bond acceptors (Lipinski definition) is 4. The maximum Gasteiger partial charge on any atom is 0.346 e. The smallest absolute Gasteiger partial charge is 0.346 e. The van der Waals surface area contributed by atoms with Crippen molar-refractivity contribution in [3.8, 4) is 5.75 Å². The molecule has 0 heterocycles. The van der Waals surface area contributed by atoms with Crippen molar-refractivity contribution in [3.05, 3.63) is 35.9 Å². The van der Waals surface area contributed by atoms with Gasteiger partial charge in [-0.1, -0.05) is 12.1 Å². The van der Waals surface area contributed by atoms with Crippen LogP contribution in [0.3, 0.4) is 0 Å². The third-order valence-electron chi connectivity index (χ3n) is 2.14.